The summed E-state index contributed by atoms with van der Waals surface area (Å²) in [6.45, 7) is 8.82. The Labute approximate surface area is 109 Å². The van der Waals surface area contributed by atoms with Crippen molar-refractivity contribution in [3.8, 4) is 0 Å². The molecule has 0 saturated carbocycles. The van der Waals surface area contributed by atoms with Crippen LogP contribution in [0.15, 0.2) is 35.5 Å². The minimum atomic E-state index is 1.10. The third kappa shape index (κ3) is 13.2. The van der Waals surface area contributed by atoms with Crippen LogP contribution < -0.4 is 0 Å². The van der Waals surface area contributed by atoms with E-state index in [2.05, 4.69) is 52.0 Å². The molecule has 0 bridgehead atoms. The Morgan fingerprint density at radius 1 is 0.882 bits per heavy atom. The first-order valence-electron chi connectivity index (χ1n) is 7.10. The molecule has 0 unspecified atom stereocenters. The summed E-state index contributed by atoms with van der Waals surface area (Å²) in [4.78, 5) is 0. The lowest BCUT2D eigenvalue weighted by Crippen LogP contribution is -1.77. The second-order valence-electron chi connectivity index (χ2n) is 5.07. The lowest BCUT2D eigenvalue weighted by Gasteiger charge is -1.97. The minimum Gasteiger partial charge on any atom is -0.0882 e. The van der Waals surface area contributed by atoms with Gasteiger partial charge in [0.2, 0.25) is 0 Å². The molecule has 0 heterocycles. The molecule has 0 fully saturated rings. The highest BCUT2D eigenvalue weighted by molar-refractivity contribution is 5.04. The van der Waals surface area contributed by atoms with Gasteiger partial charge in [-0.2, -0.15) is 0 Å². The van der Waals surface area contributed by atoms with Crippen LogP contribution in [0.25, 0.3) is 0 Å². The molecule has 0 saturated heterocycles. The first-order chi connectivity index (χ1) is 8.16. The molecule has 0 aromatic rings. The van der Waals surface area contributed by atoms with Crippen molar-refractivity contribution < 1.29 is 0 Å². The maximum absolute atomic E-state index is 2.36. The number of allylic oxidation sites excluding steroid dienone is 6. The van der Waals surface area contributed by atoms with Gasteiger partial charge >= 0.3 is 0 Å². The van der Waals surface area contributed by atoms with Crippen LogP contribution >= 0.6 is 0 Å². The summed E-state index contributed by atoms with van der Waals surface area (Å²) in [5.41, 5.74) is 2.94. The molecule has 98 valence electrons. The van der Waals surface area contributed by atoms with Crippen molar-refractivity contribution in [2.45, 2.75) is 72.6 Å². The van der Waals surface area contributed by atoms with Crippen LogP contribution in [-0.2, 0) is 0 Å². The predicted octanol–water partition coefficient (Wildman–Crippen LogP) is 6.21. The van der Waals surface area contributed by atoms with Gasteiger partial charge in [0.05, 0.1) is 0 Å². The first-order valence-corrected chi connectivity index (χ1v) is 7.10. The van der Waals surface area contributed by atoms with Crippen LogP contribution in [0.1, 0.15) is 72.6 Å². The molecule has 0 radical (unpaired) electrons. The van der Waals surface area contributed by atoms with Gasteiger partial charge in [0.25, 0.3) is 0 Å². The van der Waals surface area contributed by atoms with Gasteiger partial charge in [-0.25, -0.2) is 0 Å². The largest absolute Gasteiger partial charge is 0.0882 e. The zero-order valence-electron chi connectivity index (χ0n) is 12.3. The maximum Gasteiger partial charge on any atom is -0.0167 e. The molecule has 0 aliphatic heterocycles. The highest BCUT2D eigenvalue weighted by Gasteiger charge is 1.87. The summed E-state index contributed by atoms with van der Waals surface area (Å²) in [5, 5.41) is 0. The number of hydrogen-bond acceptors (Lipinski definition) is 0. The average Bonchev–Trinajstić information content (AvgIpc) is 2.27. The molecule has 0 aromatic heterocycles. The van der Waals surface area contributed by atoms with Gasteiger partial charge in [-0.1, -0.05) is 55.2 Å². The second kappa shape index (κ2) is 11.7. The topological polar surface area (TPSA) is 0 Å². The lowest BCUT2D eigenvalue weighted by molar-refractivity contribution is 0.728. The highest BCUT2D eigenvalue weighted by atomic mass is 13.9. The van der Waals surface area contributed by atoms with E-state index in [-0.39, 0.29) is 0 Å². The summed E-state index contributed by atoms with van der Waals surface area (Å²) in [7, 11) is 0. The van der Waals surface area contributed by atoms with Crippen LogP contribution in [0.2, 0.25) is 0 Å². The monoisotopic (exact) mass is 234 g/mol. The normalized spacial score (nSPS) is 12.1. The molecular formula is C17H30. The molecule has 0 amide bonds. The van der Waals surface area contributed by atoms with Gasteiger partial charge in [0.15, 0.2) is 0 Å². The van der Waals surface area contributed by atoms with Crippen molar-refractivity contribution in [3.63, 3.8) is 0 Å². The fourth-order valence-electron chi connectivity index (χ4n) is 1.69. The average molecular weight is 234 g/mol. The zero-order chi connectivity index (χ0) is 12.9. The van der Waals surface area contributed by atoms with E-state index in [0.717, 1.165) is 6.42 Å². The third-order valence-corrected chi connectivity index (χ3v) is 2.83. The second-order valence-corrected chi connectivity index (χ2v) is 5.07. The van der Waals surface area contributed by atoms with Crippen LogP contribution in [0.5, 0.6) is 0 Å². The predicted molar refractivity (Wildman–Crippen MR) is 80.3 cm³/mol. The van der Waals surface area contributed by atoms with E-state index in [4.69, 9.17) is 0 Å². The molecule has 0 atom stereocenters. The SMILES string of the molecule is CCCCC/C=C/C/C=C(\C)CCC=C(C)C. The van der Waals surface area contributed by atoms with Crippen molar-refractivity contribution in [1.82, 2.24) is 0 Å². The van der Waals surface area contributed by atoms with E-state index in [9.17, 15) is 0 Å². The van der Waals surface area contributed by atoms with E-state index >= 15 is 0 Å². The fourth-order valence-corrected chi connectivity index (χ4v) is 1.69. The molecule has 17 heavy (non-hydrogen) atoms. The van der Waals surface area contributed by atoms with Gasteiger partial charge in [-0.3, -0.25) is 0 Å². The Balaban J connectivity index is 3.58. The molecule has 0 aromatic carbocycles. The Kier molecular flexibility index (Phi) is 11.2. The van der Waals surface area contributed by atoms with Crippen molar-refractivity contribution in [1.29, 1.82) is 0 Å². The van der Waals surface area contributed by atoms with Crippen molar-refractivity contribution in [2.75, 3.05) is 0 Å². The van der Waals surface area contributed by atoms with Crippen molar-refractivity contribution in [2.24, 2.45) is 0 Å². The number of unbranched alkanes of at least 4 members (excludes halogenated alkanes) is 3. The Bertz CT molecular complexity index is 249. The van der Waals surface area contributed by atoms with Gasteiger partial charge in [-0.15, -0.1) is 0 Å². The molecular weight excluding hydrogens is 204 g/mol. The zero-order valence-corrected chi connectivity index (χ0v) is 12.3. The summed E-state index contributed by atoms with van der Waals surface area (Å²) in [6.07, 6.45) is 18.1. The molecule has 0 aliphatic carbocycles. The van der Waals surface area contributed by atoms with Crippen LogP contribution in [0.3, 0.4) is 0 Å². The summed E-state index contributed by atoms with van der Waals surface area (Å²) in [6, 6.07) is 0. The quantitative estimate of drug-likeness (QED) is 0.329. The van der Waals surface area contributed by atoms with E-state index in [1.807, 2.05) is 0 Å². The molecule has 0 nitrogen and oxygen atoms in total. The standard InChI is InChI=1S/C17H30/c1-5-6-7-8-9-10-11-14-17(4)15-12-13-16(2)3/h9-10,13-14H,5-8,11-12,15H2,1-4H3/b10-9+,17-14+. The fraction of sp³-hybridized carbons (Fsp3) is 0.647. The smallest absolute Gasteiger partial charge is 0.0167 e. The summed E-state index contributed by atoms with van der Waals surface area (Å²) < 4.78 is 0. The Morgan fingerprint density at radius 3 is 2.29 bits per heavy atom. The molecule has 0 aliphatic rings. The highest BCUT2D eigenvalue weighted by Crippen LogP contribution is 2.08. The van der Waals surface area contributed by atoms with Gasteiger partial charge in [-0.05, 0) is 52.9 Å². The van der Waals surface area contributed by atoms with E-state index in [0.29, 0.717) is 0 Å². The molecule has 0 rings (SSSR count). The maximum atomic E-state index is 2.36. The van der Waals surface area contributed by atoms with Gasteiger partial charge in [0, 0.05) is 0 Å². The minimum absolute atomic E-state index is 1.10. The number of hydrogen-bond donors (Lipinski definition) is 0. The third-order valence-electron chi connectivity index (χ3n) is 2.83. The van der Waals surface area contributed by atoms with Crippen LogP contribution in [0, 0.1) is 0 Å². The molecule has 0 spiro atoms. The van der Waals surface area contributed by atoms with Crippen LogP contribution in [-0.4, -0.2) is 0 Å². The Morgan fingerprint density at radius 2 is 1.65 bits per heavy atom. The lowest BCUT2D eigenvalue weighted by atomic mass is 10.1. The van der Waals surface area contributed by atoms with Gasteiger partial charge in [0.1, 0.15) is 0 Å². The van der Waals surface area contributed by atoms with Crippen LogP contribution in [0.4, 0.5) is 0 Å². The molecule has 0 heteroatoms. The van der Waals surface area contributed by atoms with Crippen molar-refractivity contribution in [3.05, 3.63) is 35.5 Å². The van der Waals surface area contributed by atoms with E-state index < -0.39 is 0 Å². The summed E-state index contributed by atoms with van der Waals surface area (Å²) >= 11 is 0. The van der Waals surface area contributed by atoms with Gasteiger partial charge < -0.3 is 0 Å². The Hall–Kier alpha value is -0.780. The van der Waals surface area contributed by atoms with E-state index in [1.165, 1.54) is 49.7 Å². The first kappa shape index (κ1) is 16.2. The summed E-state index contributed by atoms with van der Waals surface area (Å²) in [5.74, 6) is 0. The molecule has 0 N–H and O–H groups in total. The van der Waals surface area contributed by atoms with Crippen molar-refractivity contribution >= 4 is 0 Å². The van der Waals surface area contributed by atoms with E-state index in [1.54, 1.807) is 0 Å². The number of rotatable bonds is 9.